The summed E-state index contributed by atoms with van der Waals surface area (Å²) in [6, 6.07) is 4.31. The normalized spacial score (nSPS) is 19.7. The third kappa shape index (κ3) is 2.91. The van der Waals surface area contributed by atoms with Crippen LogP contribution in [-0.4, -0.2) is 31.8 Å². The van der Waals surface area contributed by atoms with E-state index in [0.29, 0.717) is 12.1 Å². The number of amides is 1. The fourth-order valence-electron chi connectivity index (χ4n) is 2.26. The molecule has 104 valence electrons. The van der Waals surface area contributed by atoms with E-state index >= 15 is 0 Å². The molecule has 1 amide bonds. The molecule has 7 heteroatoms. The highest BCUT2D eigenvalue weighted by Gasteiger charge is 2.27. The molecule has 1 fully saturated rings. The number of primary sulfonamides is 1. The summed E-state index contributed by atoms with van der Waals surface area (Å²) < 4.78 is 22.8. The minimum atomic E-state index is -3.93. The Bertz CT molecular complexity index is 615. The summed E-state index contributed by atoms with van der Waals surface area (Å²) in [6.07, 6.45) is 1.92. The number of likely N-dealkylation sites (tertiary alicyclic amines) is 1. The zero-order chi connectivity index (χ0) is 14.2. The highest BCUT2D eigenvalue weighted by Crippen LogP contribution is 2.24. The molecule has 1 atom stereocenters. The first-order valence-electron chi connectivity index (χ1n) is 5.94. The Morgan fingerprint density at radius 3 is 2.68 bits per heavy atom. The Hall–Kier alpha value is -1.11. The maximum Gasteiger partial charge on any atom is 0.254 e. The molecule has 1 saturated heterocycles. The monoisotopic (exact) mass is 302 g/mol. The van der Waals surface area contributed by atoms with Crippen LogP contribution in [0.5, 0.6) is 0 Å². The number of sulfonamides is 1. The molecule has 1 heterocycles. The van der Waals surface area contributed by atoms with Gasteiger partial charge >= 0.3 is 0 Å². The van der Waals surface area contributed by atoms with Crippen molar-refractivity contribution in [3.63, 3.8) is 0 Å². The number of hydrogen-bond acceptors (Lipinski definition) is 3. The largest absolute Gasteiger partial charge is 0.336 e. The number of rotatable bonds is 2. The van der Waals surface area contributed by atoms with Crippen molar-refractivity contribution in [1.29, 1.82) is 0 Å². The van der Waals surface area contributed by atoms with Crippen molar-refractivity contribution in [2.24, 2.45) is 5.14 Å². The molecule has 2 rings (SSSR count). The second kappa shape index (κ2) is 5.11. The Balaban J connectivity index is 2.39. The standard InChI is InChI=1S/C12H15ClN2O3S/c1-8-3-2-6-15(8)12(16)9-4-5-10(13)11(7-9)19(14,17)18/h4-5,7-8H,2-3,6H2,1H3,(H2,14,17,18). The third-order valence-electron chi connectivity index (χ3n) is 3.30. The number of nitrogens with zero attached hydrogens (tertiary/aromatic N) is 1. The molecule has 0 saturated carbocycles. The maximum atomic E-state index is 12.3. The summed E-state index contributed by atoms with van der Waals surface area (Å²) in [5.74, 6) is -0.188. The number of hydrogen-bond donors (Lipinski definition) is 1. The van der Waals surface area contributed by atoms with Gasteiger partial charge in [0.15, 0.2) is 0 Å². The van der Waals surface area contributed by atoms with E-state index in [-0.39, 0.29) is 21.9 Å². The minimum absolute atomic E-state index is 0.0218. The van der Waals surface area contributed by atoms with Gasteiger partial charge in [0, 0.05) is 18.2 Å². The molecule has 0 radical (unpaired) electrons. The zero-order valence-electron chi connectivity index (χ0n) is 10.5. The van der Waals surface area contributed by atoms with Crippen LogP contribution in [0.15, 0.2) is 23.1 Å². The quantitative estimate of drug-likeness (QED) is 0.901. The first-order valence-corrected chi connectivity index (χ1v) is 7.86. The summed E-state index contributed by atoms with van der Waals surface area (Å²) in [7, 11) is -3.93. The van der Waals surface area contributed by atoms with E-state index in [4.69, 9.17) is 16.7 Å². The van der Waals surface area contributed by atoms with Crippen molar-refractivity contribution < 1.29 is 13.2 Å². The highest BCUT2D eigenvalue weighted by atomic mass is 35.5. The van der Waals surface area contributed by atoms with Crippen LogP contribution in [0.4, 0.5) is 0 Å². The Morgan fingerprint density at radius 2 is 2.16 bits per heavy atom. The van der Waals surface area contributed by atoms with E-state index < -0.39 is 10.0 Å². The summed E-state index contributed by atoms with van der Waals surface area (Å²) in [5.41, 5.74) is 0.294. The van der Waals surface area contributed by atoms with Crippen molar-refractivity contribution in [2.45, 2.75) is 30.7 Å². The molecule has 0 spiro atoms. The first-order chi connectivity index (χ1) is 8.80. The second-order valence-corrected chi connectivity index (χ2v) is 6.62. The van der Waals surface area contributed by atoms with E-state index in [0.717, 1.165) is 12.8 Å². The molecule has 1 unspecified atom stereocenters. The Morgan fingerprint density at radius 1 is 1.47 bits per heavy atom. The van der Waals surface area contributed by atoms with Crippen molar-refractivity contribution in [2.75, 3.05) is 6.54 Å². The lowest BCUT2D eigenvalue weighted by atomic mass is 10.2. The van der Waals surface area contributed by atoms with Crippen molar-refractivity contribution >= 4 is 27.5 Å². The molecule has 0 aliphatic carbocycles. The average Bonchev–Trinajstić information content (AvgIpc) is 2.73. The van der Waals surface area contributed by atoms with Gasteiger partial charge in [-0.3, -0.25) is 4.79 Å². The van der Waals surface area contributed by atoms with Crippen LogP contribution in [0.1, 0.15) is 30.1 Å². The van der Waals surface area contributed by atoms with Gasteiger partial charge in [-0.25, -0.2) is 13.6 Å². The van der Waals surface area contributed by atoms with Crippen LogP contribution in [0.25, 0.3) is 0 Å². The summed E-state index contributed by atoms with van der Waals surface area (Å²) in [4.78, 5) is 13.8. The fraction of sp³-hybridized carbons (Fsp3) is 0.417. The SMILES string of the molecule is CC1CCCN1C(=O)c1ccc(Cl)c(S(N)(=O)=O)c1. The lowest BCUT2D eigenvalue weighted by Gasteiger charge is -2.21. The lowest BCUT2D eigenvalue weighted by Crippen LogP contribution is -2.33. The summed E-state index contributed by atoms with van der Waals surface area (Å²) in [5, 5.41) is 5.09. The van der Waals surface area contributed by atoms with Crippen LogP contribution in [0.2, 0.25) is 5.02 Å². The molecule has 2 N–H and O–H groups in total. The van der Waals surface area contributed by atoms with Gasteiger partial charge in [-0.1, -0.05) is 11.6 Å². The van der Waals surface area contributed by atoms with Gasteiger partial charge in [-0.05, 0) is 38.0 Å². The van der Waals surface area contributed by atoms with Crippen LogP contribution >= 0.6 is 11.6 Å². The smallest absolute Gasteiger partial charge is 0.254 e. The first kappa shape index (κ1) is 14.3. The van der Waals surface area contributed by atoms with Crippen LogP contribution in [0.3, 0.4) is 0 Å². The fourth-order valence-corrected chi connectivity index (χ4v) is 3.33. The second-order valence-electron chi connectivity index (χ2n) is 4.68. The zero-order valence-corrected chi connectivity index (χ0v) is 12.0. The van der Waals surface area contributed by atoms with E-state index in [2.05, 4.69) is 0 Å². The van der Waals surface area contributed by atoms with Gasteiger partial charge in [-0.15, -0.1) is 0 Å². The van der Waals surface area contributed by atoms with Gasteiger partial charge < -0.3 is 4.90 Å². The minimum Gasteiger partial charge on any atom is -0.336 e. The van der Waals surface area contributed by atoms with Gasteiger partial charge in [0.25, 0.3) is 5.91 Å². The summed E-state index contributed by atoms with van der Waals surface area (Å²) in [6.45, 7) is 2.66. The molecule has 1 aliphatic heterocycles. The van der Waals surface area contributed by atoms with E-state index in [1.54, 1.807) is 4.90 Å². The van der Waals surface area contributed by atoms with Crippen LogP contribution in [0, 0.1) is 0 Å². The number of nitrogens with two attached hydrogens (primary N) is 1. The lowest BCUT2D eigenvalue weighted by molar-refractivity contribution is 0.0747. The predicted octanol–water partition coefficient (Wildman–Crippen LogP) is 1.61. The van der Waals surface area contributed by atoms with Crippen molar-refractivity contribution in [3.8, 4) is 0 Å². The molecule has 1 aromatic carbocycles. The van der Waals surface area contributed by atoms with Gasteiger partial charge in [0.2, 0.25) is 10.0 Å². The number of carbonyl (C=O) groups excluding carboxylic acids is 1. The average molecular weight is 303 g/mol. The Labute approximate surface area is 117 Å². The van der Waals surface area contributed by atoms with Crippen LogP contribution in [-0.2, 0) is 10.0 Å². The van der Waals surface area contributed by atoms with Crippen molar-refractivity contribution in [3.05, 3.63) is 28.8 Å². The van der Waals surface area contributed by atoms with Crippen LogP contribution < -0.4 is 5.14 Å². The number of carbonyl (C=O) groups is 1. The van der Waals surface area contributed by atoms with Gasteiger partial charge in [0.1, 0.15) is 4.90 Å². The molecule has 1 aromatic rings. The molecular weight excluding hydrogens is 288 g/mol. The molecular formula is C12H15ClN2O3S. The highest BCUT2D eigenvalue weighted by molar-refractivity contribution is 7.89. The van der Waals surface area contributed by atoms with E-state index in [1.807, 2.05) is 6.92 Å². The number of benzene rings is 1. The topological polar surface area (TPSA) is 80.5 Å². The molecule has 19 heavy (non-hydrogen) atoms. The van der Waals surface area contributed by atoms with E-state index in [9.17, 15) is 13.2 Å². The predicted molar refractivity (Wildman–Crippen MR) is 72.6 cm³/mol. The molecule has 0 aromatic heterocycles. The Kier molecular flexibility index (Phi) is 3.85. The molecule has 1 aliphatic rings. The van der Waals surface area contributed by atoms with Gasteiger partial charge in [0.05, 0.1) is 5.02 Å². The van der Waals surface area contributed by atoms with Crippen molar-refractivity contribution in [1.82, 2.24) is 4.90 Å². The summed E-state index contributed by atoms with van der Waals surface area (Å²) >= 11 is 5.79. The maximum absolute atomic E-state index is 12.3. The number of halogens is 1. The molecule has 5 nitrogen and oxygen atoms in total. The van der Waals surface area contributed by atoms with E-state index in [1.165, 1.54) is 18.2 Å². The van der Waals surface area contributed by atoms with Gasteiger partial charge in [-0.2, -0.15) is 0 Å². The molecule has 0 bridgehead atoms. The third-order valence-corrected chi connectivity index (χ3v) is 4.69.